The van der Waals surface area contributed by atoms with Gasteiger partial charge in [0.15, 0.2) is 11.5 Å². The molecular weight excluding hydrogens is 276 g/mol. The quantitative estimate of drug-likeness (QED) is 0.699. The first-order chi connectivity index (χ1) is 9.88. The number of methoxy groups -OCH3 is 2. The van der Waals surface area contributed by atoms with Crippen molar-refractivity contribution in [2.45, 2.75) is 25.3 Å². The highest BCUT2D eigenvalue weighted by molar-refractivity contribution is 5.86. The van der Waals surface area contributed by atoms with Gasteiger partial charge in [-0.2, -0.15) is 0 Å². The molecule has 0 unspecified atom stereocenters. The van der Waals surface area contributed by atoms with Crippen LogP contribution in [0.3, 0.4) is 0 Å². The molecular formula is C14H20N2O5. The molecule has 1 rings (SSSR count). The first-order valence-electron chi connectivity index (χ1n) is 6.40. The van der Waals surface area contributed by atoms with E-state index in [0.717, 1.165) is 0 Å². The van der Waals surface area contributed by atoms with Gasteiger partial charge in [-0.1, -0.05) is 13.0 Å². The third-order valence-corrected chi connectivity index (χ3v) is 3.33. The van der Waals surface area contributed by atoms with E-state index in [-0.39, 0.29) is 12.8 Å². The lowest BCUT2D eigenvalue weighted by molar-refractivity contribution is -0.144. The van der Waals surface area contributed by atoms with Crippen LogP contribution in [0.25, 0.3) is 0 Å². The van der Waals surface area contributed by atoms with Crippen molar-refractivity contribution in [2.75, 3.05) is 14.2 Å². The minimum absolute atomic E-state index is 0.0854. The SMILES string of the molecule is CC[C@@](Cc1ccc(OC)c(OC)c1)(NC(N)=O)C(=O)O. The van der Waals surface area contributed by atoms with Gasteiger partial charge in [0.2, 0.25) is 0 Å². The molecule has 7 heteroatoms. The number of carbonyl (C=O) groups excluding carboxylic acids is 1. The molecule has 0 saturated carbocycles. The van der Waals surface area contributed by atoms with E-state index in [1.165, 1.54) is 14.2 Å². The Morgan fingerprint density at radius 1 is 1.29 bits per heavy atom. The second-order valence-electron chi connectivity index (χ2n) is 4.60. The fourth-order valence-corrected chi connectivity index (χ4v) is 2.11. The van der Waals surface area contributed by atoms with Gasteiger partial charge in [-0.15, -0.1) is 0 Å². The van der Waals surface area contributed by atoms with Gasteiger partial charge in [-0.05, 0) is 24.1 Å². The normalized spacial score (nSPS) is 13.1. The molecule has 0 spiro atoms. The van der Waals surface area contributed by atoms with Gasteiger partial charge in [-0.25, -0.2) is 9.59 Å². The van der Waals surface area contributed by atoms with Crippen LogP contribution in [-0.2, 0) is 11.2 Å². The van der Waals surface area contributed by atoms with Crippen molar-refractivity contribution < 1.29 is 24.2 Å². The number of nitrogens with one attached hydrogen (secondary N) is 1. The summed E-state index contributed by atoms with van der Waals surface area (Å²) in [6, 6.07) is 4.20. The lowest BCUT2D eigenvalue weighted by Crippen LogP contribution is -2.57. The van der Waals surface area contributed by atoms with E-state index in [2.05, 4.69) is 5.32 Å². The van der Waals surface area contributed by atoms with E-state index in [0.29, 0.717) is 17.1 Å². The Morgan fingerprint density at radius 2 is 1.90 bits per heavy atom. The zero-order valence-corrected chi connectivity index (χ0v) is 12.3. The van der Waals surface area contributed by atoms with Gasteiger partial charge in [0.1, 0.15) is 5.54 Å². The molecule has 0 aliphatic heterocycles. The molecule has 4 N–H and O–H groups in total. The molecule has 0 fully saturated rings. The van der Waals surface area contributed by atoms with Crippen LogP contribution in [0, 0.1) is 0 Å². The maximum absolute atomic E-state index is 11.5. The third-order valence-electron chi connectivity index (χ3n) is 3.33. The highest BCUT2D eigenvalue weighted by Crippen LogP contribution is 2.29. The van der Waals surface area contributed by atoms with Gasteiger partial charge < -0.3 is 25.6 Å². The van der Waals surface area contributed by atoms with Crippen molar-refractivity contribution in [3.8, 4) is 11.5 Å². The first-order valence-corrected chi connectivity index (χ1v) is 6.40. The Hall–Kier alpha value is -2.44. The first kappa shape index (κ1) is 16.6. The Bertz CT molecular complexity index is 532. The molecule has 0 aliphatic carbocycles. The number of ether oxygens (including phenoxy) is 2. The number of benzene rings is 1. The van der Waals surface area contributed by atoms with Crippen molar-refractivity contribution in [3.63, 3.8) is 0 Å². The molecule has 0 aliphatic rings. The molecule has 2 amide bonds. The van der Waals surface area contributed by atoms with Gasteiger partial charge >= 0.3 is 12.0 Å². The average molecular weight is 296 g/mol. The van der Waals surface area contributed by atoms with Crippen molar-refractivity contribution in [2.24, 2.45) is 5.73 Å². The van der Waals surface area contributed by atoms with Crippen molar-refractivity contribution >= 4 is 12.0 Å². The van der Waals surface area contributed by atoms with Crippen LogP contribution in [0.2, 0.25) is 0 Å². The zero-order valence-electron chi connectivity index (χ0n) is 12.3. The zero-order chi connectivity index (χ0) is 16.0. The van der Waals surface area contributed by atoms with Gasteiger partial charge in [-0.3, -0.25) is 0 Å². The van der Waals surface area contributed by atoms with Crippen molar-refractivity contribution in [1.82, 2.24) is 5.32 Å². The van der Waals surface area contributed by atoms with E-state index in [1.54, 1.807) is 25.1 Å². The number of urea groups is 1. The van der Waals surface area contributed by atoms with E-state index in [1.807, 2.05) is 0 Å². The number of hydrogen-bond acceptors (Lipinski definition) is 4. The van der Waals surface area contributed by atoms with Crippen LogP contribution in [0.5, 0.6) is 11.5 Å². The molecule has 116 valence electrons. The number of primary amides is 1. The monoisotopic (exact) mass is 296 g/mol. The Balaban J connectivity index is 3.14. The number of rotatable bonds is 7. The topological polar surface area (TPSA) is 111 Å². The summed E-state index contributed by atoms with van der Waals surface area (Å²) < 4.78 is 10.3. The highest BCUT2D eigenvalue weighted by atomic mass is 16.5. The van der Waals surface area contributed by atoms with Crippen LogP contribution < -0.4 is 20.5 Å². The second kappa shape index (κ2) is 6.83. The minimum Gasteiger partial charge on any atom is -0.493 e. The Morgan fingerprint density at radius 3 is 2.33 bits per heavy atom. The summed E-state index contributed by atoms with van der Waals surface area (Å²) in [5.74, 6) is -0.107. The summed E-state index contributed by atoms with van der Waals surface area (Å²) >= 11 is 0. The van der Waals surface area contributed by atoms with E-state index in [9.17, 15) is 14.7 Å². The molecule has 1 aromatic carbocycles. The molecule has 7 nitrogen and oxygen atoms in total. The van der Waals surface area contributed by atoms with Crippen LogP contribution in [0.4, 0.5) is 4.79 Å². The van der Waals surface area contributed by atoms with Crippen LogP contribution in [0.1, 0.15) is 18.9 Å². The molecule has 0 bridgehead atoms. The summed E-state index contributed by atoms with van der Waals surface area (Å²) in [5.41, 5.74) is 4.32. The molecule has 0 heterocycles. The van der Waals surface area contributed by atoms with Gasteiger partial charge in [0.25, 0.3) is 0 Å². The Kier molecular flexibility index (Phi) is 5.40. The van der Waals surface area contributed by atoms with Gasteiger partial charge in [0, 0.05) is 6.42 Å². The van der Waals surface area contributed by atoms with Gasteiger partial charge in [0.05, 0.1) is 14.2 Å². The molecule has 0 saturated heterocycles. The number of amides is 2. The maximum atomic E-state index is 11.5. The number of aliphatic carboxylic acids is 1. The minimum atomic E-state index is -1.45. The lowest BCUT2D eigenvalue weighted by atomic mass is 9.88. The third kappa shape index (κ3) is 3.77. The van der Waals surface area contributed by atoms with Crippen LogP contribution in [0.15, 0.2) is 18.2 Å². The average Bonchev–Trinajstić information content (AvgIpc) is 2.45. The van der Waals surface area contributed by atoms with Crippen molar-refractivity contribution in [1.29, 1.82) is 0 Å². The van der Waals surface area contributed by atoms with Crippen LogP contribution in [-0.4, -0.2) is 36.9 Å². The maximum Gasteiger partial charge on any atom is 0.329 e. The largest absolute Gasteiger partial charge is 0.493 e. The smallest absolute Gasteiger partial charge is 0.329 e. The molecule has 21 heavy (non-hydrogen) atoms. The van der Waals surface area contributed by atoms with E-state index < -0.39 is 17.5 Å². The van der Waals surface area contributed by atoms with Crippen molar-refractivity contribution in [3.05, 3.63) is 23.8 Å². The van der Waals surface area contributed by atoms with Crippen LogP contribution >= 0.6 is 0 Å². The number of carboxylic acids is 1. The Labute approximate surface area is 123 Å². The molecule has 1 atom stereocenters. The summed E-state index contributed by atoms with van der Waals surface area (Å²) in [6.07, 6.45) is 0.280. The molecule has 0 radical (unpaired) electrons. The predicted molar refractivity (Wildman–Crippen MR) is 76.6 cm³/mol. The number of carbonyl (C=O) groups is 2. The summed E-state index contributed by atoms with van der Waals surface area (Å²) in [4.78, 5) is 22.6. The summed E-state index contributed by atoms with van der Waals surface area (Å²) in [6.45, 7) is 1.67. The second-order valence-corrected chi connectivity index (χ2v) is 4.60. The van der Waals surface area contributed by atoms with E-state index in [4.69, 9.17) is 15.2 Å². The summed E-state index contributed by atoms with van der Waals surface area (Å²) in [5, 5.41) is 11.8. The molecule has 1 aromatic rings. The van der Waals surface area contributed by atoms with E-state index >= 15 is 0 Å². The molecule has 0 aromatic heterocycles. The highest BCUT2D eigenvalue weighted by Gasteiger charge is 2.38. The fraction of sp³-hybridized carbons (Fsp3) is 0.429. The fourth-order valence-electron chi connectivity index (χ4n) is 2.11. The predicted octanol–water partition coefficient (Wildman–Crippen LogP) is 1.15. The standard InChI is InChI=1S/C14H20N2O5/c1-4-14(12(17)18,16-13(15)19)8-9-5-6-10(20-2)11(7-9)21-3/h5-7H,4,8H2,1-3H3,(H,17,18)(H3,15,16,19)/t14-/m0/s1. The number of hydrogen-bond donors (Lipinski definition) is 3. The lowest BCUT2D eigenvalue weighted by Gasteiger charge is -2.28. The number of nitrogens with two attached hydrogens (primary N) is 1. The summed E-state index contributed by atoms with van der Waals surface area (Å²) in [7, 11) is 3.01. The number of carboxylic acid groups (broad SMARTS) is 1.